The van der Waals surface area contributed by atoms with Crippen molar-refractivity contribution in [3.05, 3.63) is 114 Å². The van der Waals surface area contributed by atoms with Gasteiger partial charge in [0, 0.05) is 29.5 Å². The molecule has 0 spiro atoms. The fraction of sp³-hybridized carbons (Fsp3) is 0.120. The van der Waals surface area contributed by atoms with Crippen LogP contribution in [-0.2, 0) is 0 Å². The molecule has 148 valence electrons. The van der Waals surface area contributed by atoms with Gasteiger partial charge in [-0.05, 0) is 67.7 Å². The van der Waals surface area contributed by atoms with Gasteiger partial charge in [-0.25, -0.2) is 0 Å². The van der Waals surface area contributed by atoms with E-state index in [0.717, 1.165) is 22.8 Å². The van der Waals surface area contributed by atoms with Gasteiger partial charge in [0.15, 0.2) is 5.11 Å². The lowest BCUT2D eigenvalue weighted by atomic mass is 10.0. The van der Waals surface area contributed by atoms with Gasteiger partial charge >= 0.3 is 0 Å². The van der Waals surface area contributed by atoms with Crippen LogP contribution in [-0.4, -0.2) is 14.7 Å². The van der Waals surface area contributed by atoms with Crippen LogP contribution in [0, 0.1) is 6.92 Å². The number of anilines is 1. The van der Waals surface area contributed by atoms with Crippen molar-refractivity contribution >= 4 is 23.0 Å². The summed E-state index contributed by atoms with van der Waals surface area (Å²) >= 11 is 5.82. The highest BCUT2D eigenvalue weighted by atomic mass is 32.1. The van der Waals surface area contributed by atoms with Gasteiger partial charge in [-0.3, -0.25) is 4.98 Å². The molecule has 1 N–H and O–H groups in total. The molecule has 2 atom stereocenters. The van der Waals surface area contributed by atoms with Gasteiger partial charge in [0.1, 0.15) is 6.04 Å². The largest absolute Gasteiger partial charge is 0.351 e. The van der Waals surface area contributed by atoms with Crippen LogP contribution < -0.4 is 10.2 Å². The molecule has 0 aliphatic carbocycles. The number of aromatic nitrogens is 2. The minimum atomic E-state index is -0.0580. The molecule has 1 aliphatic heterocycles. The van der Waals surface area contributed by atoms with Crippen LogP contribution >= 0.6 is 12.2 Å². The number of thiocarbonyl (C=S) groups is 1. The number of benzene rings is 2. The first kappa shape index (κ1) is 18.6. The Morgan fingerprint density at radius 1 is 0.833 bits per heavy atom. The van der Waals surface area contributed by atoms with E-state index in [0.29, 0.717) is 5.11 Å². The van der Waals surface area contributed by atoms with Crippen LogP contribution in [0.3, 0.4) is 0 Å². The minimum Gasteiger partial charge on any atom is -0.351 e. The number of hydrogen-bond donors (Lipinski definition) is 1. The Labute approximate surface area is 181 Å². The lowest BCUT2D eigenvalue weighted by molar-refractivity contribution is 0.549. The topological polar surface area (TPSA) is 33.1 Å². The van der Waals surface area contributed by atoms with Crippen LogP contribution in [0.15, 0.2) is 97.3 Å². The number of nitrogens with zero attached hydrogens (tertiary/aromatic N) is 3. The number of hydrogen-bond acceptors (Lipinski definition) is 2. The highest BCUT2D eigenvalue weighted by Gasteiger charge is 2.42. The van der Waals surface area contributed by atoms with Crippen molar-refractivity contribution < 1.29 is 0 Å². The van der Waals surface area contributed by atoms with Crippen LogP contribution in [0.2, 0.25) is 0 Å². The van der Waals surface area contributed by atoms with Gasteiger partial charge in [0.2, 0.25) is 0 Å². The van der Waals surface area contributed by atoms with Crippen molar-refractivity contribution in [3.63, 3.8) is 0 Å². The molecule has 0 amide bonds. The highest BCUT2D eigenvalue weighted by molar-refractivity contribution is 7.80. The van der Waals surface area contributed by atoms with Crippen LogP contribution in [0.4, 0.5) is 5.69 Å². The van der Waals surface area contributed by atoms with E-state index < -0.39 is 0 Å². The van der Waals surface area contributed by atoms with E-state index in [9.17, 15) is 0 Å². The molecule has 5 heteroatoms. The van der Waals surface area contributed by atoms with Crippen molar-refractivity contribution in [1.82, 2.24) is 14.9 Å². The molecule has 0 radical (unpaired) electrons. The molecular weight excluding hydrogens is 388 g/mol. The number of para-hydroxylation sites is 1. The quantitative estimate of drug-likeness (QED) is 0.459. The summed E-state index contributed by atoms with van der Waals surface area (Å²) in [6.07, 6.45) is 3.94. The zero-order valence-corrected chi connectivity index (χ0v) is 17.5. The second-order valence-corrected chi connectivity index (χ2v) is 7.86. The van der Waals surface area contributed by atoms with Gasteiger partial charge in [-0.15, -0.1) is 0 Å². The third kappa shape index (κ3) is 3.27. The van der Waals surface area contributed by atoms with Crippen molar-refractivity contribution in [2.45, 2.75) is 19.0 Å². The second kappa shape index (κ2) is 7.76. The molecule has 2 aromatic heterocycles. The Hall–Kier alpha value is -3.44. The zero-order chi connectivity index (χ0) is 20.5. The summed E-state index contributed by atoms with van der Waals surface area (Å²) in [5.74, 6) is 0. The van der Waals surface area contributed by atoms with Gasteiger partial charge < -0.3 is 14.8 Å². The Morgan fingerprint density at radius 3 is 2.33 bits per heavy atom. The van der Waals surface area contributed by atoms with E-state index in [2.05, 4.69) is 99.6 Å². The Morgan fingerprint density at radius 2 is 1.60 bits per heavy atom. The maximum absolute atomic E-state index is 5.82. The van der Waals surface area contributed by atoms with Gasteiger partial charge in [-0.2, -0.15) is 0 Å². The molecule has 30 heavy (non-hydrogen) atoms. The SMILES string of the molecule is Cc1ccc(N2C(=S)N[C@H](c3ccccn3)[C@@H]2c2cccn2-c2ccccc2)cc1. The van der Waals surface area contributed by atoms with E-state index in [1.807, 2.05) is 24.4 Å². The zero-order valence-electron chi connectivity index (χ0n) is 16.6. The average Bonchev–Trinajstić information content (AvgIpc) is 3.40. The number of rotatable bonds is 4. The van der Waals surface area contributed by atoms with Gasteiger partial charge in [-0.1, -0.05) is 42.0 Å². The van der Waals surface area contributed by atoms with E-state index >= 15 is 0 Å². The lowest BCUT2D eigenvalue weighted by Gasteiger charge is -2.29. The molecule has 1 aliphatic rings. The van der Waals surface area contributed by atoms with Crippen LogP contribution in [0.1, 0.15) is 29.0 Å². The van der Waals surface area contributed by atoms with Crippen LogP contribution in [0.5, 0.6) is 0 Å². The van der Waals surface area contributed by atoms with Crippen molar-refractivity contribution in [1.29, 1.82) is 0 Å². The maximum Gasteiger partial charge on any atom is 0.174 e. The number of pyridine rings is 1. The normalized spacial score (nSPS) is 18.4. The Balaban J connectivity index is 1.67. The summed E-state index contributed by atoms with van der Waals surface area (Å²) in [7, 11) is 0. The molecular formula is C25H22N4S. The molecule has 0 bridgehead atoms. The summed E-state index contributed by atoms with van der Waals surface area (Å²) in [5, 5.41) is 4.24. The number of nitrogens with one attached hydrogen (secondary N) is 1. The first-order chi connectivity index (χ1) is 14.7. The van der Waals surface area contributed by atoms with Gasteiger partial charge in [0.05, 0.1) is 11.7 Å². The smallest absolute Gasteiger partial charge is 0.174 e. The summed E-state index contributed by atoms with van der Waals surface area (Å²) in [5.41, 5.74) is 5.55. The third-order valence-corrected chi connectivity index (χ3v) is 5.84. The predicted molar refractivity (Wildman–Crippen MR) is 125 cm³/mol. The first-order valence-electron chi connectivity index (χ1n) is 10.0. The van der Waals surface area contributed by atoms with Crippen molar-refractivity contribution in [2.24, 2.45) is 0 Å². The Kier molecular flexibility index (Phi) is 4.81. The van der Waals surface area contributed by atoms with Crippen molar-refractivity contribution in [2.75, 3.05) is 4.90 Å². The highest BCUT2D eigenvalue weighted by Crippen LogP contribution is 2.42. The molecule has 5 rings (SSSR count). The first-order valence-corrected chi connectivity index (χ1v) is 10.4. The van der Waals surface area contributed by atoms with E-state index in [1.165, 1.54) is 5.56 Å². The summed E-state index contributed by atoms with van der Waals surface area (Å²) in [6.45, 7) is 2.10. The predicted octanol–water partition coefficient (Wildman–Crippen LogP) is 5.36. The molecule has 3 heterocycles. The summed E-state index contributed by atoms with van der Waals surface area (Å²) in [4.78, 5) is 6.85. The van der Waals surface area contributed by atoms with E-state index in [-0.39, 0.29) is 12.1 Å². The molecule has 0 unspecified atom stereocenters. The molecule has 1 fully saturated rings. The second-order valence-electron chi connectivity index (χ2n) is 7.47. The average molecular weight is 411 g/mol. The van der Waals surface area contributed by atoms with Crippen molar-refractivity contribution in [3.8, 4) is 5.69 Å². The molecule has 2 aromatic carbocycles. The fourth-order valence-corrected chi connectivity index (χ4v) is 4.44. The molecule has 4 nitrogen and oxygen atoms in total. The Bertz CT molecular complexity index is 1150. The van der Waals surface area contributed by atoms with E-state index in [4.69, 9.17) is 12.2 Å². The van der Waals surface area contributed by atoms with Gasteiger partial charge in [0.25, 0.3) is 0 Å². The minimum absolute atomic E-state index is 0.0367. The standard InChI is InChI=1S/C25H22N4S/c1-18-12-14-20(15-13-18)29-24(23(27-25(29)30)21-10-5-6-16-26-21)22-11-7-17-28(22)19-8-3-2-4-9-19/h2-17,23-24H,1H3,(H,27,30)/t23-,24+/m1/s1. The lowest BCUT2D eigenvalue weighted by Crippen LogP contribution is -2.30. The molecule has 1 saturated heterocycles. The van der Waals surface area contributed by atoms with Crippen LogP contribution in [0.25, 0.3) is 5.69 Å². The maximum atomic E-state index is 5.82. The number of aryl methyl sites for hydroxylation is 1. The third-order valence-electron chi connectivity index (χ3n) is 5.53. The molecule has 0 saturated carbocycles. The summed E-state index contributed by atoms with van der Waals surface area (Å²) in [6, 6.07) is 29.1. The van der Waals surface area contributed by atoms with E-state index in [1.54, 1.807) is 0 Å². The fourth-order valence-electron chi connectivity index (χ4n) is 4.10. The summed E-state index contributed by atoms with van der Waals surface area (Å²) < 4.78 is 2.23. The monoisotopic (exact) mass is 410 g/mol. The molecule has 4 aromatic rings.